The van der Waals surface area contributed by atoms with Gasteiger partial charge in [-0.25, -0.2) is 4.57 Å². The summed E-state index contributed by atoms with van der Waals surface area (Å²) >= 11 is 0. The van der Waals surface area contributed by atoms with Gasteiger partial charge in [-0.2, -0.15) is 12.8 Å². The smallest absolute Gasteiger partial charge is 0.343 e. The van der Waals surface area contributed by atoms with Crippen molar-refractivity contribution in [1.82, 2.24) is 0 Å². The van der Waals surface area contributed by atoms with E-state index in [2.05, 4.69) is 27.7 Å². The molecule has 188 valence electrons. The Bertz CT molecular complexity index is 263. The molecule has 0 spiro atoms. The predicted molar refractivity (Wildman–Crippen MR) is 129 cm³/mol. The second-order valence-electron chi connectivity index (χ2n) is 7.88. The monoisotopic (exact) mass is 494 g/mol. The van der Waals surface area contributed by atoms with Crippen LogP contribution in [0.15, 0.2) is 0 Å². The Hall–Kier alpha value is 0.604. The van der Waals surface area contributed by atoms with Crippen LogP contribution in [0, 0.1) is 13.8 Å². The van der Waals surface area contributed by atoms with Crippen LogP contribution in [0.4, 0.5) is 0 Å². The summed E-state index contributed by atoms with van der Waals surface area (Å²) < 4.78 is 8.88. The van der Waals surface area contributed by atoms with Gasteiger partial charge in [0.05, 0.1) is 0 Å². The molecule has 0 aromatic rings. The third-order valence-electron chi connectivity index (χ3n) is 4.71. The molecule has 0 aromatic carbocycles. The normalized spacial score (nSPS) is 10.4. The molecule has 0 bridgehead atoms. The summed E-state index contributed by atoms with van der Waals surface area (Å²) in [5.41, 5.74) is 0. The van der Waals surface area contributed by atoms with E-state index in [1.807, 2.05) is 0 Å². The minimum absolute atomic E-state index is 0. The van der Waals surface area contributed by atoms with Gasteiger partial charge in [0.15, 0.2) is 0 Å². The first kappa shape index (κ1) is 37.9. The van der Waals surface area contributed by atoms with Crippen molar-refractivity contribution in [3.63, 3.8) is 0 Å². The Morgan fingerprint density at radius 1 is 0.500 bits per heavy atom. The van der Waals surface area contributed by atoms with Crippen molar-refractivity contribution >= 4 is 7.82 Å². The van der Waals surface area contributed by atoms with Crippen LogP contribution < -0.4 is 0 Å². The fourth-order valence-corrected chi connectivity index (χ4v) is 2.97. The summed E-state index contributed by atoms with van der Waals surface area (Å²) in [5.74, 6) is 0. The van der Waals surface area contributed by atoms with E-state index in [4.69, 9.17) is 19.2 Å². The molecule has 0 saturated heterocycles. The van der Waals surface area contributed by atoms with Crippen molar-refractivity contribution in [3.8, 4) is 0 Å². The summed E-state index contributed by atoms with van der Waals surface area (Å²) in [4.78, 5) is 21.6. The Balaban J connectivity index is -0.000000180. The Kier molecular flexibility index (Phi) is 43.2. The molecule has 0 aliphatic rings. The molecule has 0 fully saturated rings. The van der Waals surface area contributed by atoms with Gasteiger partial charge in [-0.05, 0) is 0 Å². The molecule has 0 aliphatic heterocycles. The summed E-state index contributed by atoms with van der Waals surface area (Å²) in [6.45, 7) is 12.2. The van der Waals surface area contributed by atoms with Crippen LogP contribution in [0.1, 0.15) is 142 Å². The van der Waals surface area contributed by atoms with Crippen LogP contribution in [-0.2, 0) is 21.1 Å². The largest absolute Gasteiger partial charge is 2.00 e. The third kappa shape index (κ3) is 63.0. The van der Waals surface area contributed by atoms with Gasteiger partial charge >= 0.3 is 24.3 Å². The fraction of sp³-hybridized carbons (Fsp3) is 0.917. The summed E-state index contributed by atoms with van der Waals surface area (Å²) in [7, 11) is -4.64. The van der Waals surface area contributed by atoms with Crippen LogP contribution in [0.3, 0.4) is 0 Å². The van der Waals surface area contributed by atoms with E-state index in [1.54, 1.807) is 0 Å². The quantitative estimate of drug-likeness (QED) is 0.0771. The topological polar surface area (TPSA) is 77.8 Å². The van der Waals surface area contributed by atoms with Crippen molar-refractivity contribution in [3.05, 3.63) is 13.8 Å². The summed E-state index contributed by atoms with van der Waals surface area (Å²) in [6, 6.07) is 0. The molecule has 4 nitrogen and oxygen atoms in total. The zero-order valence-electron chi connectivity index (χ0n) is 20.1. The number of rotatable bonds is 18. The number of hydrogen-bond acceptors (Lipinski definition) is 1. The van der Waals surface area contributed by atoms with Gasteiger partial charge in [-0.3, -0.25) is 0 Å². The molecule has 0 amide bonds. The SMILES string of the molecule is O=P(O)(O)O.[CH2-]CCCCCCCCCCC.[CH2-]CCCCCCCCCCC.[Ni+2]. The number of phosphoric acid groups is 1. The van der Waals surface area contributed by atoms with Gasteiger partial charge in [0.2, 0.25) is 0 Å². The van der Waals surface area contributed by atoms with E-state index in [-0.39, 0.29) is 16.5 Å². The van der Waals surface area contributed by atoms with Gasteiger partial charge in [-0.1, -0.05) is 129 Å². The maximum Gasteiger partial charge on any atom is 2.00 e. The molecule has 3 N–H and O–H groups in total. The standard InChI is InChI=1S/2C12H25.Ni.H3O4P/c2*1-3-5-7-9-11-12-10-8-6-4-2;;1-5(2,3)4/h2*1,3-12H2,2H3;;(H3,1,2,3,4)/q2*-1;+2;. The van der Waals surface area contributed by atoms with Crippen LogP contribution >= 0.6 is 7.82 Å². The first-order chi connectivity index (χ1) is 13.8. The van der Waals surface area contributed by atoms with Gasteiger partial charge in [0, 0.05) is 0 Å². The molecular formula is C24H53NiO4P. The molecule has 0 rings (SSSR count). The van der Waals surface area contributed by atoms with E-state index in [0.717, 1.165) is 12.8 Å². The Labute approximate surface area is 199 Å². The van der Waals surface area contributed by atoms with Gasteiger partial charge in [0.1, 0.15) is 0 Å². The van der Waals surface area contributed by atoms with Gasteiger partial charge in [-0.15, -0.1) is 0 Å². The molecule has 30 heavy (non-hydrogen) atoms. The third-order valence-corrected chi connectivity index (χ3v) is 4.71. The van der Waals surface area contributed by atoms with Gasteiger partial charge < -0.3 is 28.5 Å². The molecule has 0 saturated carbocycles. The van der Waals surface area contributed by atoms with Crippen molar-refractivity contribution < 1.29 is 35.7 Å². The van der Waals surface area contributed by atoms with Crippen molar-refractivity contribution in [2.45, 2.75) is 142 Å². The molecule has 0 heterocycles. The minimum Gasteiger partial charge on any atom is -0.343 e. The second-order valence-corrected chi connectivity index (χ2v) is 8.90. The Morgan fingerprint density at radius 2 is 0.667 bits per heavy atom. The van der Waals surface area contributed by atoms with Crippen molar-refractivity contribution in [2.24, 2.45) is 0 Å². The zero-order chi connectivity index (χ0) is 22.6. The van der Waals surface area contributed by atoms with Gasteiger partial charge in [0.25, 0.3) is 0 Å². The van der Waals surface area contributed by atoms with Crippen molar-refractivity contribution in [2.75, 3.05) is 0 Å². The molecule has 0 radical (unpaired) electrons. The molecule has 0 atom stereocenters. The van der Waals surface area contributed by atoms with Crippen LogP contribution in [0.2, 0.25) is 0 Å². The minimum atomic E-state index is -4.64. The predicted octanol–water partition coefficient (Wildman–Crippen LogP) is 8.55. The zero-order valence-corrected chi connectivity index (χ0v) is 22.0. The maximum absolute atomic E-state index is 8.88. The van der Waals surface area contributed by atoms with E-state index in [0.29, 0.717) is 0 Å². The molecule has 6 heteroatoms. The average molecular weight is 495 g/mol. The van der Waals surface area contributed by atoms with E-state index in [9.17, 15) is 0 Å². The van der Waals surface area contributed by atoms with Crippen molar-refractivity contribution in [1.29, 1.82) is 0 Å². The Morgan fingerprint density at radius 3 is 0.833 bits per heavy atom. The van der Waals surface area contributed by atoms with E-state index in [1.165, 1.54) is 116 Å². The molecular weight excluding hydrogens is 442 g/mol. The van der Waals surface area contributed by atoms with E-state index >= 15 is 0 Å². The van der Waals surface area contributed by atoms with Crippen LogP contribution in [0.5, 0.6) is 0 Å². The number of unbranched alkanes of at least 4 members (excludes halogenated alkanes) is 18. The summed E-state index contributed by atoms with van der Waals surface area (Å²) in [6.07, 6.45) is 27.8. The first-order valence-electron chi connectivity index (χ1n) is 12.2. The van der Waals surface area contributed by atoms with E-state index < -0.39 is 7.82 Å². The maximum atomic E-state index is 8.88. The first-order valence-corrected chi connectivity index (χ1v) is 13.8. The molecule has 0 unspecified atom stereocenters. The average Bonchev–Trinajstić information content (AvgIpc) is 2.65. The molecule has 0 aromatic heterocycles. The second kappa shape index (κ2) is 34.2. The van der Waals surface area contributed by atoms with Crippen LogP contribution in [-0.4, -0.2) is 14.7 Å². The fourth-order valence-electron chi connectivity index (χ4n) is 2.97. The summed E-state index contributed by atoms with van der Waals surface area (Å²) in [5, 5.41) is 0. The number of hydrogen-bond donors (Lipinski definition) is 3. The molecule has 0 aliphatic carbocycles. The van der Waals surface area contributed by atoms with Crippen LogP contribution in [0.25, 0.3) is 0 Å².